The number of benzene rings is 1. The van der Waals surface area contributed by atoms with Gasteiger partial charge in [-0.1, -0.05) is 0 Å². The molecule has 1 aromatic carbocycles. The number of nitrogens with zero attached hydrogens (tertiary/aromatic N) is 2. The van der Waals surface area contributed by atoms with Gasteiger partial charge in [0.05, 0.1) is 11.0 Å². The van der Waals surface area contributed by atoms with E-state index in [0.29, 0.717) is 11.0 Å². The molecule has 0 bridgehead atoms. The summed E-state index contributed by atoms with van der Waals surface area (Å²) in [5.74, 6) is 0. The predicted molar refractivity (Wildman–Crippen MR) is 67.8 cm³/mol. The van der Waals surface area contributed by atoms with Crippen molar-refractivity contribution in [3.63, 3.8) is 0 Å². The maximum absolute atomic E-state index is 11.6. The van der Waals surface area contributed by atoms with E-state index in [2.05, 4.69) is 19.9 Å². The van der Waals surface area contributed by atoms with Crippen LogP contribution in [0.2, 0.25) is 0 Å². The van der Waals surface area contributed by atoms with E-state index in [0.717, 1.165) is 11.1 Å². The van der Waals surface area contributed by atoms with E-state index in [9.17, 15) is 9.59 Å². The lowest BCUT2D eigenvalue weighted by atomic mass is 10.1. The van der Waals surface area contributed by atoms with Gasteiger partial charge in [0.15, 0.2) is 11.2 Å². The zero-order valence-corrected chi connectivity index (χ0v) is 9.87. The molecule has 3 aromatic rings. The van der Waals surface area contributed by atoms with Gasteiger partial charge in [0, 0.05) is 0 Å². The molecular formula is C12H10N4O2. The smallest absolute Gasteiger partial charge is 0.290 e. The molecule has 0 aliphatic carbocycles. The Bertz CT molecular complexity index is 892. The van der Waals surface area contributed by atoms with Crippen LogP contribution in [-0.4, -0.2) is 19.9 Å². The Morgan fingerprint density at radius 1 is 0.944 bits per heavy atom. The number of aromatic nitrogens is 4. The average Bonchev–Trinajstić information content (AvgIpc) is 2.29. The number of hydrogen-bond acceptors (Lipinski definition) is 4. The zero-order chi connectivity index (χ0) is 12.9. The van der Waals surface area contributed by atoms with Gasteiger partial charge in [-0.15, -0.1) is 0 Å². The first-order valence-electron chi connectivity index (χ1n) is 5.46. The van der Waals surface area contributed by atoms with Crippen LogP contribution < -0.4 is 11.2 Å². The molecule has 0 spiro atoms. The number of fused-ring (bicyclic) bond motifs is 2. The van der Waals surface area contributed by atoms with Crippen LogP contribution in [0.25, 0.3) is 22.2 Å². The van der Waals surface area contributed by atoms with Gasteiger partial charge in [0.2, 0.25) is 0 Å². The number of aryl methyl sites for hydroxylation is 2. The van der Waals surface area contributed by atoms with Gasteiger partial charge in [-0.2, -0.15) is 0 Å². The molecule has 6 nitrogen and oxygen atoms in total. The van der Waals surface area contributed by atoms with Crippen molar-refractivity contribution >= 4 is 22.2 Å². The fraction of sp³-hybridized carbons (Fsp3) is 0.167. The van der Waals surface area contributed by atoms with Gasteiger partial charge in [-0.05, 0) is 37.1 Å². The van der Waals surface area contributed by atoms with E-state index in [4.69, 9.17) is 0 Å². The topological polar surface area (TPSA) is 91.5 Å². The van der Waals surface area contributed by atoms with Crippen LogP contribution >= 0.6 is 0 Å². The molecule has 2 aromatic heterocycles. The Kier molecular flexibility index (Phi) is 2.07. The minimum absolute atomic E-state index is 0.144. The highest BCUT2D eigenvalue weighted by molar-refractivity contribution is 5.84. The van der Waals surface area contributed by atoms with Crippen molar-refractivity contribution in [1.82, 2.24) is 19.9 Å². The summed E-state index contributed by atoms with van der Waals surface area (Å²) >= 11 is 0. The molecule has 0 atom stereocenters. The quantitative estimate of drug-likeness (QED) is 0.570. The van der Waals surface area contributed by atoms with Crippen molar-refractivity contribution in [3.8, 4) is 0 Å². The van der Waals surface area contributed by atoms with Crippen LogP contribution in [0.15, 0.2) is 21.7 Å². The second-order valence-corrected chi connectivity index (χ2v) is 4.25. The van der Waals surface area contributed by atoms with E-state index >= 15 is 0 Å². The van der Waals surface area contributed by atoms with Crippen molar-refractivity contribution in [2.75, 3.05) is 0 Å². The molecule has 0 saturated carbocycles. The van der Waals surface area contributed by atoms with Crippen LogP contribution in [-0.2, 0) is 0 Å². The standard InChI is InChI=1S/C12H10N4O2/c1-5-3-7-8(4-6(5)2)14-10-9(13-7)11(17)16-12(18)15-10/h3-4H,1-2H3,(H2,14,15,16,17,18). The fourth-order valence-electron chi connectivity index (χ4n) is 1.86. The van der Waals surface area contributed by atoms with Crippen LogP contribution in [0.3, 0.4) is 0 Å². The highest BCUT2D eigenvalue weighted by Gasteiger charge is 2.07. The molecule has 2 heterocycles. The van der Waals surface area contributed by atoms with E-state index in [1.54, 1.807) is 0 Å². The van der Waals surface area contributed by atoms with Gasteiger partial charge in [-0.3, -0.25) is 14.8 Å². The van der Waals surface area contributed by atoms with Gasteiger partial charge < -0.3 is 0 Å². The summed E-state index contributed by atoms with van der Waals surface area (Å²) in [6, 6.07) is 3.76. The highest BCUT2D eigenvalue weighted by atomic mass is 16.2. The Balaban J connectivity index is 2.55. The minimum atomic E-state index is -0.579. The third-order valence-corrected chi connectivity index (χ3v) is 2.95. The van der Waals surface area contributed by atoms with Crippen molar-refractivity contribution in [2.24, 2.45) is 0 Å². The lowest BCUT2D eigenvalue weighted by molar-refractivity contribution is 1.05. The van der Waals surface area contributed by atoms with Gasteiger partial charge in [-0.25, -0.2) is 14.8 Å². The molecule has 6 heteroatoms. The van der Waals surface area contributed by atoms with E-state index in [1.165, 1.54) is 0 Å². The molecule has 3 rings (SSSR count). The number of rotatable bonds is 0. The first-order valence-corrected chi connectivity index (χ1v) is 5.46. The molecule has 0 aliphatic heterocycles. The lowest BCUT2D eigenvalue weighted by Gasteiger charge is -2.03. The van der Waals surface area contributed by atoms with Crippen LogP contribution in [0.1, 0.15) is 11.1 Å². The number of H-pyrrole nitrogens is 2. The second-order valence-electron chi connectivity index (χ2n) is 4.25. The Labute approximate surface area is 101 Å². The SMILES string of the molecule is Cc1cc2nc3[nH]c(=O)[nH]c(=O)c3nc2cc1C. The highest BCUT2D eigenvalue weighted by Crippen LogP contribution is 2.16. The van der Waals surface area contributed by atoms with E-state index in [-0.39, 0.29) is 11.2 Å². The number of hydrogen-bond donors (Lipinski definition) is 2. The Hall–Kier alpha value is -2.50. The van der Waals surface area contributed by atoms with E-state index < -0.39 is 11.2 Å². The maximum Gasteiger partial charge on any atom is 0.327 e. The maximum atomic E-state index is 11.6. The molecule has 18 heavy (non-hydrogen) atoms. The first kappa shape index (κ1) is 10.6. The molecule has 0 amide bonds. The monoisotopic (exact) mass is 242 g/mol. The van der Waals surface area contributed by atoms with Crippen LogP contribution in [0.4, 0.5) is 0 Å². The third kappa shape index (κ3) is 1.50. The molecule has 0 fully saturated rings. The summed E-state index contributed by atoms with van der Waals surface area (Å²) in [5, 5.41) is 0. The summed E-state index contributed by atoms with van der Waals surface area (Å²) < 4.78 is 0. The van der Waals surface area contributed by atoms with Crippen molar-refractivity contribution < 1.29 is 0 Å². The van der Waals surface area contributed by atoms with E-state index in [1.807, 2.05) is 26.0 Å². The summed E-state index contributed by atoms with van der Waals surface area (Å²) in [5.41, 5.74) is 2.71. The lowest BCUT2D eigenvalue weighted by Crippen LogP contribution is -2.23. The summed E-state index contributed by atoms with van der Waals surface area (Å²) in [6.45, 7) is 3.94. The molecule has 0 saturated heterocycles. The largest absolute Gasteiger partial charge is 0.327 e. The molecular weight excluding hydrogens is 232 g/mol. The summed E-state index contributed by atoms with van der Waals surface area (Å²) in [7, 11) is 0. The van der Waals surface area contributed by atoms with Crippen molar-refractivity contribution in [1.29, 1.82) is 0 Å². The minimum Gasteiger partial charge on any atom is -0.290 e. The number of aromatic amines is 2. The molecule has 2 N–H and O–H groups in total. The van der Waals surface area contributed by atoms with Crippen molar-refractivity contribution in [2.45, 2.75) is 13.8 Å². The average molecular weight is 242 g/mol. The zero-order valence-electron chi connectivity index (χ0n) is 9.87. The second kappa shape index (κ2) is 3.49. The summed E-state index contributed by atoms with van der Waals surface area (Å²) in [4.78, 5) is 35.9. The molecule has 0 radical (unpaired) electrons. The van der Waals surface area contributed by atoms with Crippen LogP contribution in [0, 0.1) is 13.8 Å². The van der Waals surface area contributed by atoms with Gasteiger partial charge in [0.25, 0.3) is 5.56 Å². The Morgan fingerprint density at radius 3 is 2.22 bits per heavy atom. The first-order chi connectivity index (χ1) is 8.54. The van der Waals surface area contributed by atoms with Crippen molar-refractivity contribution in [3.05, 3.63) is 44.1 Å². The molecule has 0 unspecified atom stereocenters. The Morgan fingerprint density at radius 2 is 1.56 bits per heavy atom. The fourth-order valence-corrected chi connectivity index (χ4v) is 1.86. The number of nitrogens with one attached hydrogen (secondary N) is 2. The predicted octanol–water partition coefficient (Wildman–Crippen LogP) is 0.776. The van der Waals surface area contributed by atoms with Gasteiger partial charge in [0.1, 0.15) is 0 Å². The van der Waals surface area contributed by atoms with Crippen LogP contribution in [0.5, 0.6) is 0 Å². The third-order valence-electron chi connectivity index (χ3n) is 2.95. The molecule has 90 valence electrons. The van der Waals surface area contributed by atoms with Gasteiger partial charge >= 0.3 is 5.69 Å². The normalized spacial score (nSPS) is 11.2. The molecule has 0 aliphatic rings. The summed E-state index contributed by atoms with van der Waals surface area (Å²) in [6.07, 6.45) is 0.